The number of hydrogen-bond acceptors (Lipinski definition) is 5. The number of non-ortho nitro benzene ring substituents is 1. The number of nitro benzene ring substituents is 1. The van der Waals surface area contributed by atoms with E-state index in [1.54, 1.807) is 12.1 Å². The van der Waals surface area contributed by atoms with Crippen LogP contribution in [0.4, 0.5) is 11.4 Å². The molecule has 1 aliphatic rings. The Morgan fingerprint density at radius 1 is 1.10 bits per heavy atom. The van der Waals surface area contributed by atoms with Gasteiger partial charge in [0.05, 0.1) is 17.7 Å². The summed E-state index contributed by atoms with van der Waals surface area (Å²) in [6.07, 6.45) is 1.04. The van der Waals surface area contributed by atoms with Crippen LogP contribution in [0.25, 0.3) is 0 Å². The van der Waals surface area contributed by atoms with Gasteiger partial charge in [-0.05, 0) is 41.3 Å². The van der Waals surface area contributed by atoms with Crippen molar-refractivity contribution < 1.29 is 14.5 Å². The molecule has 0 radical (unpaired) electrons. The van der Waals surface area contributed by atoms with E-state index in [0.29, 0.717) is 11.3 Å². The number of amides is 1. The number of hydrogen-bond donors (Lipinski definition) is 1. The summed E-state index contributed by atoms with van der Waals surface area (Å²) >= 11 is 0. The molecule has 4 rings (SSSR count). The van der Waals surface area contributed by atoms with Crippen LogP contribution in [0, 0.1) is 10.1 Å². The van der Waals surface area contributed by atoms with Gasteiger partial charge in [-0.25, -0.2) is 0 Å². The molecule has 0 saturated carbocycles. The molecule has 1 heterocycles. The number of nitrogens with one attached hydrogen (secondary N) is 1. The minimum absolute atomic E-state index is 0.116. The first kappa shape index (κ1) is 20.6. The minimum Gasteiger partial charge on any atom is -0.495 e. The number of nitro groups is 1. The van der Waals surface area contributed by atoms with Gasteiger partial charge in [0.1, 0.15) is 5.75 Å². The van der Waals surface area contributed by atoms with Gasteiger partial charge in [0.15, 0.2) is 0 Å². The number of benzene rings is 3. The summed E-state index contributed by atoms with van der Waals surface area (Å²) in [6, 6.07) is 20.1. The second kappa shape index (κ2) is 8.97. The van der Waals surface area contributed by atoms with Gasteiger partial charge in [0, 0.05) is 37.3 Å². The SMILES string of the molecule is COc1ccc([N+](=O)[O-])cc1NC(=O)c1ccc(CN2CCc3ccccc3C2)cc1. The van der Waals surface area contributed by atoms with Gasteiger partial charge in [0.2, 0.25) is 0 Å². The summed E-state index contributed by atoms with van der Waals surface area (Å²) in [7, 11) is 1.45. The molecule has 0 aromatic heterocycles. The van der Waals surface area contributed by atoms with Crippen LogP contribution in [0.5, 0.6) is 5.75 Å². The Labute approximate surface area is 180 Å². The van der Waals surface area contributed by atoms with E-state index in [1.807, 2.05) is 12.1 Å². The van der Waals surface area contributed by atoms with Gasteiger partial charge in [0.25, 0.3) is 11.6 Å². The van der Waals surface area contributed by atoms with E-state index in [9.17, 15) is 14.9 Å². The summed E-state index contributed by atoms with van der Waals surface area (Å²) in [5.74, 6) is 0.0122. The van der Waals surface area contributed by atoms with E-state index in [1.165, 1.54) is 36.4 Å². The van der Waals surface area contributed by atoms with Crippen molar-refractivity contribution in [1.82, 2.24) is 4.90 Å². The molecule has 0 bridgehead atoms. The van der Waals surface area contributed by atoms with E-state index in [4.69, 9.17) is 4.74 Å². The van der Waals surface area contributed by atoms with Gasteiger partial charge < -0.3 is 10.1 Å². The quantitative estimate of drug-likeness (QED) is 0.474. The fourth-order valence-corrected chi connectivity index (χ4v) is 3.81. The molecular weight excluding hydrogens is 394 g/mol. The third-order valence-corrected chi connectivity index (χ3v) is 5.47. The molecule has 0 aliphatic carbocycles. The van der Waals surface area contributed by atoms with Crippen LogP contribution in [0.1, 0.15) is 27.0 Å². The topological polar surface area (TPSA) is 84.7 Å². The first-order valence-corrected chi connectivity index (χ1v) is 10.1. The maximum atomic E-state index is 12.7. The fraction of sp³-hybridized carbons (Fsp3) is 0.208. The Balaban J connectivity index is 1.42. The maximum absolute atomic E-state index is 12.7. The lowest BCUT2D eigenvalue weighted by molar-refractivity contribution is -0.384. The van der Waals surface area contributed by atoms with Crippen LogP contribution in [0.3, 0.4) is 0 Å². The summed E-state index contributed by atoms with van der Waals surface area (Å²) in [5, 5.41) is 13.7. The van der Waals surface area contributed by atoms with E-state index >= 15 is 0 Å². The molecule has 0 atom stereocenters. The molecule has 3 aromatic rings. The van der Waals surface area contributed by atoms with Gasteiger partial charge in [-0.15, -0.1) is 0 Å². The van der Waals surface area contributed by atoms with Crippen LogP contribution in [0.2, 0.25) is 0 Å². The van der Waals surface area contributed by atoms with E-state index in [-0.39, 0.29) is 17.3 Å². The Morgan fingerprint density at radius 3 is 2.55 bits per heavy atom. The molecule has 7 heteroatoms. The van der Waals surface area contributed by atoms with Crippen LogP contribution in [0.15, 0.2) is 66.7 Å². The van der Waals surface area contributed by atoms with Gasteiger partial charge in [-0.1, -0.05) is 36.4 Å². The molecule has 158 valence electrons. The predicted octanol–water partition coefficient (Wildman–Crippen LogP) is 4.41. The number of carbonyl (C=O) groups excluding carboxylic acids is 1. The molecule has 0 unspecified atom stereocenters. The van der Waals surface area contributed by atoms with Crippen molar-refractivity contribution in [3.8, 4) is 5.75 Å². The van der Waals surface area contributed by atoms with Crippen molar-refractivity contribution in [3.05, 3.63) is 99.1 Å². The zero-order valence-corrected chi connectivity index (χ0v) is 17.2. The van der Waals surface area contributed by atoms with Crippen molar-refractivity contribution in [2.75, 3.05) is 19.0 Å². The third kappa shape index (κ3) is 4.73. The normalized spacial score (nSPS) is 13.3. The predicted molar refractivity (Wildman–Crippen MR) is 118 cm³/mol. The van der Waals surface area contributed by atoms with Crippen molar-refractivity contribution in [2.24, 2.45) is 0 Å². The van der Waals surface area contributed by atoms with Crippen LogP contribution >= 0.6 is 0 Å². The highest BCUT2D eigenvalue weighted by molar-refractivity contribution is 6.05. The molecule has 1 N–H and O–H groups in total. The Morgan fingerprint density at radius 2 is 1.84 bits per heavy atom. The lowest BCUT2D eigenvalue weighted by Crippen LogP contribution is -2.29. The van der Waals surface area contributed by atoms with E-state index in [2.05, 4.69) is 34.5 Å². The summed E-state index contributed by atoms with van der Waals surface area (Å²) in [5.41, 5.74) is 4.54. The number of rotatable bonds is 6. The molecule has 0 fully saturated rings. The zero-order valence-electron chi connectivity index (χ0n) is 17.2. The molecule has 31 heavy (non-hydrogen) atoms. The highest BCUT2D eigenvalue weighted by Crippen LogP contribution is 2.29. The standard InChI is InChI=1S/C24H23N3O4/c1-31-23-11-10-21(27(29)30)14-22(23)25-24(28)19-8-6-17(7-9-19)15-26-13-12-18-4-2-3-5-20(18)16-26/h2-11,14H,12-13,15-16H2,1H3,(H,25,28). The second-order valence-electron chi connectivity index (χ2n) is 7.52. The first-order chi connectivity index (χ1) is 15.0. The summed E-state index contributed by atoms with van der Waals surface area (Å²) in [4.78, 5) is 25.6. The first-order valence-electron chi connectivity index (χ1n) is 10.1. The summed E-state index contributed by atoms with van der Waals surface area (Å²) in [6.45, 7) is 2.74. The minimum atomic E-state index is -0.511. The Kier molecular flexibility index (Phi) is 5.95. The zero-order chi connectivity index (χ0) is 21.8. The highest BCUT2D eigenvalue weighted by Gasteiger charge is 2.17. The Bertz CT molecular complexity index is 1110. The monoisotopic (exact) mass is 417 g/mol. The van der Waals surface area contributed by atoms with Crippen LogP contribution < -0.4 is 10.1 Å². The molecule has 0 spiro atoms. The lowest BCUT2D eigenvalue weighted by atomic mass is 9.99. The largest absolute Gasteiger partial charge is 0.495 e. The van der Waals surface area contributed by atoms with Gasteiger partial charge in [-0.2, -0.15) is 0 Å². The van der Waals surface area contributed by atoms with Gasteiger partial charge in [-0.3, -0.25) is 19.8 Å². The lowest BCUT2D eigenvalue weighted by Gasteiger charge is -2.28. The maximum Gasteiger partial charge on any atom is 0.271 e. The number of anilines is 1. The molecule has 0 saturated heterocycles. The molecule has 1 amide bonds. The van der Waals surface area contributed by atoms with Crippen molar-refractivity contribution >= 4 is 17.3 Å². The van der Waals surface area contributed by atoms with Gasteiger partial charge >= 0.3 is 0 Å². The van der Waals surface area contributed by atoms with Crippen molar-refractivity contribution in [2.45, 2.75) is 19.5 Å². The number of carbonyl (C=O) groups is 1. The van der Waals surface area contributed by atoms with E-state index < -0.39 is 4.92 Å². The van der Waals surface area contributed by atoms with Crippen LogP contribution in [-0.4, -0.2) is 29.4 Å². The fourth-order valence-electron chi connectivity index (χ4n) is 3.81. The smallest absolute Gasteiger partial charge is 0.271 e. The van der Waals surface area contributed by atoms with E-state index in [0.717, 1.165) is 31.6 Å². The number of fused-ring (bicyclic) bond motifs is 1. The van der Waals surface area contributed by atoms with Crippen molar-refractivity contribution in [3.63, 3.8) is 0 Å². The number of nitrogens with zero attached hydrogens (tertiary/aromatic N) is 2. The van der Waals surface area contributed by atoms with Crippen LogP contribution in [-0.2, 0) is 19.5 Å². The number of ether oxygens (including phenoxy) is 1. The average molecular weight is 417 g/mol. The number of methoxy groups -OCH3 is 1. The molecular formula is C24H23N3O4. The average Bonchev–Trinajstić information content (AvgIpc) is 2.79. The molecule has 1 aliphatic heterocycles. The highest BCUT2D eigenvalue weighted by atomic mass is 16.6. The molecule has 3 aromatic carbocycles. The Hall–Kier alpha value is -3.71. The molecule has 7 nitrogen and oxygen atoms in total. The summed E-state index contributed by atoms with van der Waals surface area (Å²) < 4.78 is 5.20. The third-order valence-electron chi connectivity index (χ3n) is 5.47. The second-order valence-corrected chi connectivity index (χ2v) is 7.52. The van der Waals surface area contributed by atoms with Crippen molar-refractivity contribution in [1.29, 1.82) is 0 Å².